The van der Waals surface area contributed by atoms with Gasteiger partial charge in [-0.15, -0.1) is 11.3 Å². The Morgan fingerprint density at radius 2 is 1.97 bits per heavy atom. The molecule has 0 atom stereocenters. The van der Waals surface area contributed by atoms with Crippen molar-refractivity contribution < 1.29 is 9.59 Å². The van der Waals surface area contributed by atoms with Crippen LogP contribution in [-0.4, -0.2) is 45.6 Å². The molecule has 0 saturated carbocycles. The summed E-state index contributed by atoms with van der Waals surface area (Å²) in [5.74, 6) is -0.286. The van der Waals surface area contributed by atoms with Gasteiger partial charge in [0.2, 0.25) is 5.91 Å². The standard InChI is InChI=1S/C21H25ClN4O2S/c1-5-25(12-19(27)23-13(2)3)20(28)18-10-17-14(4)24-26(21(17)29-18)11-15-6-8-16(22)9-7-15/h6-10,13H,5,11-12H2,1-4H3,(H,23,27). The summed E-state index contributed by atoms with van der Waals surface area (Å²) < 4.78 is 1.91. The molecule has 2 heterocycles. The van der Waals surface area contributed by atoms with Crippen LogP contribution in [-0.2, 0) is 11.3 Å². The molecule has 2 amide bonds. The number of benzene rings is 1. The number of carbonyl (C=O) groups excluding carboxylic acids is 2. The number of aromatic nitrogens is 2. The van der Waals surface area contributed by atoms with Crippen LogP contribution in [0.4, 0.5) is 0 Å². The first-order valence-corrected chi connectivity index (χ1v) is 10.8. The third kappa shape index (κ3) is 4.97. The molecule has 0 radical (unpaired) electrons. The molecule has 0 bridgehead atoms. The Bertz CT molecular complexity index is 1020. The minimum absolute atomic E-state index is 0.0436. The molecule has 0 aliphatic rings. The number of nitrogens with zero attached hydrogens (tertiary/aromatic N) is 3. The van der Waals surface area contributed by atoms with Crippen molar-refractivity contribution in [3.8, 4) is 0 Å². The highest BCUT2D eigenvalue weighted by atomic mass is 35.5. The van der Waals surface area contributed by atoms with Crippen molar-refractivity contribution in [3.05, 3.63) is 51.5 Å². The molecule has 3 rings (SSSR count). The SMILES string of the molecule is CCN(CC(=O)NC(C)C)C(=O)c1cc2c(C)nn(Cc3ccc(Cl)cc3)c2s1. The lowest BCUT2D eigenvalue weighted by atomic mass is 10.2. The minimum atomic E-state index is -0.151. The summed E-state index contributed by atoms with van der Waals surface area (Å²) in [6, 6.07) is 9.58. The Morgan fingerprint density at radius 3 is 2.59 bits per heavy atom. The van der Waals surface area contributed by atoms with Gasteiger partial charge in [-0.25, -0.2) is 0 Å². The van der Waals surface area contributed by atoms with Gasteiger partial charge in [-0.3, -0.25) is 14.3 Å². The van der Waals surface area contributed by atoms with Crippen LogP contribution in [0.2, 0.25) is 5.02 Å². The fourth-order valence-corrected chi connectivity index (χ4v) is 4.37. The molecule has 1 aromatic carbocycles. The van der Waals surface area contributed by atoms with Gasteiger partial charge in [-0.2, -0.15) is 5.10 Å². The van der Waals surface area contributed by atoms with E-state index in [4.69, 9.17) is 11.6 Å². The molecule has 0 unspecified atom stereocenters. The number of rotatable bonds is 7. The Hall–Kier alpha value is -2.38. The van der Waals surface area contributed by atoms with Crippen LogP contribution in [0, 0.1) is 6.92 Å². The molecule has 0 aliphatic carbocycles. The lowest BCUT2D eigenvalue weighted by Gasteiger charge is -2.20. The van der Waals surface area contributed by atoms with Gasteiger partial charge in [-0.1, -0.05) is 23.7 Å². The van der Waals surface area contributed by atoms with E-state index in [1.807, 2.05) is 62.7 Å². The molecule has 29 heavy (non-hydrogen) atoms. The van der Waals surface area contributed by atoms with Crippen LogP contribution in [0.15, 0.2) is 30.3 Å². The zero-order chi connectivity index (χ0) is 21.1. The normalized spacial score (nSPS) is 11.2. The lowest BCUT2D eigenvalue weighted by molar-refractivity contribution is -0.122. The number of amides is 2. The smallest absolute Gasteiger partial charge is 0.264 e. The van der Waals surface area contributed by atoms with Crippen LogP contribution in [0.25, 0.3) is 10.2 Å². The molecular weight excluding hydrogens is 408 g/mol. The van der Waals surface area contributed by atoms with Gasteiger partial charge < -0.3 is 10.2 Å². The van der Waals surface area contributed by atoms with E-state index in [9.17, 15) is 9.59 Å². The molecule has 2 aromatic heterocycles. The van der Waals surface area contributed by atoms with Crippen molar-refractivity contribution in [2.24, 2.45) is 0 Å². The summed E-state index contributed by atoms with van der Waals surface area (Å²) >= 11 is 7.38. The van der Waals surface area contributed by atoms with Crippen molar-refractivity contribution in [1.29, 1.82) is 0 Å². The van der Waals surface area contributed by atoms with E-state index >= 15 is 0 Å². The molecule has 3 aromatic rings. The molecule has 0 aliphatic heterocycles. The molecule has 8 heteroatoms. The highest BCUT2D eigenvalue weighted by molar-refractivity contribution is 7.20. The van der Waals surface area contributed by atoms with Crippen molar-refractivity contribution in [2.45, 2.75) is 40.3 Å². The Balaban J connectivity index is 1.83. The highest BCUT2D eigenvalue weighted by Gasteiger charge is 2.22. The van der Waals surface area contributed by atoms with E-state index in [2.05, 4.69) is 10.4 Å². The summed E-state index contributed by atoms with van der Waals surface area (Å²) in [5, 5.41) is 9.11. The zero-order valence-electron chi connectivity index (χ0n) is 17.0. The third-order valence-corrected chi connectivity index (χ3v) is 5.91. The Labute approximate surface area is 179 Å². The molecular formula is C21H25ClN4O2S. The first-order valence-electron chi connectivity index (χ1n) is 9.58. The number of halogens is 1. The molecule has 0 fully saturated rings. The van der Waals surface area contributed by atoms with E-state index in [-0.39, 0.29) is 24.4 Å². The number of nitrogens with one attached hydrogen (secondary N) is 1. The van der Waals surface area contributed by atoms with Crippen LogP contribution in [0.5, 0.6) is 0 Å². The number of likely N-dealkylation sites (N-methyl/N-ethyl adjacent to an activating group) is 1. The summed E-state index contributed by atoms with van der Waals surface area (Å²) in [5.41, 5.74) is 1.96. The monoisotopic (exact) mass is 432 g/mol. The van der Waals surface area contributed by atoms with Crippen molar-refractivity contribution in [2.75, 3.05) is 13.1 Å². The molecule has 6 nitrogen and oxygen atoms in total. The summed E-state index contributed by atoms with van der Waals surface area (Å²) in [6.07, 6.45) is 0. The van der Waals surface area contributed by atoms with E-state index in [1.165, 1.54) is 11.3 Å². The fraction of sp³-hybridized carbons (Fsp3) is 0.381. The average Bonchev–Trinajstić information content (AvgIpc) is 3.22. The molecule has 0 saturated heterocycles. The quantitative estimate of drug-likeness (QED) is 0.611. The Morgan fingerprint density at radius 1 is 1.28 bits per heavy atom. The summed E-state index contributed by atoms with van der Waals surface area (Å²) in [6.45, 7) is 8.74. The first kappa shape index (κ1) is 21.3. The predicted octanol–water partition coefficient (Wildman–Crippen LogP) is 4.09. The van der Waals surface area contributed by atoms with E-state index in [0.717, 1.165) is 21.5 Å². The number of aryl methyl sites for hydroxylation is 1. The molecule has 0 spiro atoms. The number of thiophene rings is 1. The number of hydrogen-bond acceptors (Lipinski definition) is 4. The van der Waals surface area contributed by atoms with Gasteiger partial charge in [0, 0.05) is 23.0 Å². The van der Waals surface area contributed by atoms with E-state index < -0.39 is 0 Å². The Kier molecular flexibility index (Phi) is 6.59. The van der Waals surface area contributed by atoms with Crippen molar-refractivity contribution in [1.82, 2.24) is 20.0 Å². The second kappa shape index (κ2) is 8.97. The zero-order valence-corrected chi connectivity index (χ0v) is 18.6. The number of fused-ring (bicyclic) bond motifs is 1. The fourth-order valence-electron chi connectivity index (χ4n) is 3.11. The van der Waals surface area contributed by atoms with Gasteiger partial charge in [0.05, 0.1) is 23.7 Å². The second-order valence-electron chi connectivity index (χ2n) is 7.24. The highest BCUT2D eigenvalue weighted by Crippen LogP contribution is 2.30. The summed E-state index contributed by atoms with van der Waals surface area (Å²) in [7, 11) is 0. The second-order valence-corrected chi connectivity index (χ2v) is 8.71. The van der Waals surface area contributed by atoms with Gasteiger partial charge in [0.1, 0.15) is 4.83 Å². The topological polar surface area (TPSA) is 67.2 Å². The van der Waals surface area contributed by atoms with Crippen molar-refractivity contribution >= 4 is 45.0 Å². The van der Waals surface area contributed by atoms with Gasteiger partial charge in [0.25, 0.3) is 5.91 Å². The first-order chi connectivity index (χ1) is 13.8. The van der Waals surface area contributed by atoms with E-state index in [1.54, 1.807) is 4.90 Å². The van der Waals surface area contributed by atoms with Crippen molar-refractivity contribution in [3.63, 3.8) is 0 Å². The van der Waals surface area contributed by atoms with Crippen LogP contribution >= 0.6 is 22.9 Å². The maximum Gasteiger partial charge on any atom is 0.264 e. The van der Waals surface area contributed by atoms with Gasteiger partial charge >= 0.3 is 0 Å². The van der Waals surface area contributed by atoms with Crippen LogP contribution in [0.3, 0.4) is 0 Å². The number of carbonyl (C=O) groups is 2. The minimum Gasteiger partial charge on any atom is -0.352 e. The van der Waals surface area contributed by atoms with Crippen LogP contribution < -0.4 is 5.32 Å². The van der Waals surface area contributed by atoms with E-state index in [0.29, 0.717) is 23.0 Å². The maximum atomic E-state index is 13.0. The summed E-state index contributed by atoms with van der Waals surface area (Å²) in [4.78, 5) is 28.2. The lowest BCUT2D eigenvalue weighted by Crippen LogP contribution is -2.42. The van der Waals surface area contributed by atoms with Gasteiger partial charge in [-0.05, 0) is 51.5 Å². The molecule has 1 N–H and O–H groups in total. The maximum absolute atomic E-state index is 13.0. The van der Waals surface area contributed by atoms with Gasteiger partial charge in [0.15, 0.2) is 0 Å². The predicted molar refractivity (Wildman–Crippen MR) is 118 cm³/mol. The average molecular weight is 433 g/mol. The molecule has 154 valence electrons. The largest absolute Gasteiger partial charge is 0.352 e. The third-order valence-electron chi connectivity index (χ3n) is 4.52. The van der Waals surface area contributed by atoms with Crippen LogP contribution in [0.1, 0.15) is 41.7 Å². The number of hydrogen-bond donors (Lipinski definition) is 1.